The number of aromatic nitrogens is 1. The summed E-state index contributed by atoms with van der Waals surface area (Å²) in [7, 11) is 0. The summed E-state index contributed by atoms with van der Waals surface area (Å²) in [4.78, 5) is 27.4. The van der Waals surface area contributed by atoms with Crippen LogP contribution in [0.1, 0.15) is 18.1 Å². The molecule has 0 bridgehead atoms. The number of aryl methyl sites for hydroxylation is 2. The maximum atomic E-state index is 12.1. The van der Waals surface area contributed by atoms with Crippen molar-refractivity contribution in [1.29, 1.82) is 0 Å². The van der Waals surface area contributed by atoms with Crippen LogP contribution in [0.15, 0.2) is 40.8 Å². The highest BCUT2D eigenvalue weighted by atomic mass is 16.5. The predicted octanol–water partition coefficient (Wildman–Crippen LogP) is 3.42. The van der Waals surface area contributed by atoms with E-state index in [1.807, 2.05) is 32.0 Å². The molecule has 26 heavy (non-hydrogen) atoms. The van der Waals surface area contributed by atoms with E-state index in [2.05, 4.69) is 15.6 Å². The molecule has 2 N–H and O–H groups in total. The zero-order valence-corrected chi connectivity index (χ0v) is 14.8. The van der Waals surface area contributed by atoms with Crippen LogP contribution in [0.3, 0.4) is 0 Å². The van der Waals surface area contributed by atoms with Crippen LogP contribution in [0.5, 0.6) is 5.75 Å². The van der Waals surface area contributed by atoms with Crippen molar-refractivity contribution in [3.63, 3.8) is 0 Å². The predicted molar refractivity (Wildman–Crippen MR) is 98.4 cm³/mol. The average molecular weight is 353 g/mol. The summed E-state index contributed by atoms with van der Waals surface area (Å²) in [5.74, 6) is 0.0998. The van der Waals surface area contributed by atoms with E-state index in [9.17, 15) is 9.59 Å². The Morgan fingerprint density at radius 2 is 1.92 bits per heavy atom. The molecule has 0 fully saturated rings. The van der Waals surface area contributed by atoms with Gasteiger partial charge in [-0.3, -0.25) is 14.9 Å². The maximum Gasteiger partial charge on any atom is 0.302 e. The summed E-state index contributed by atoms with van der Waals surface area (Å²) in [6.07, 6.45) is 0. The summed E-state index contributed by atoms with van der Waals surface area (Å²) < 4.78 is 11.0. The summed E-state index contributed by atoms with van der Waals surface area (Å²) in [5, 5.41) is 5.22. The molecule has 0 spiro atoms. The van der Waals surface area contributed by atoms with Gasteiger partial charge in [-0.1, -0.05) is 17.7 Å². The Labute approximate surface area is 150 Å². The number of carbonyl (C=O) groups excluding carboxylic acids is 2. The number of hydrogen-bond donors (Lipinski definition) is 2. The highest BCUT2D eigenvalue weighted by molar-refractivity contribution is 5.93. The van der Waals surface area contributed by atoms with Crippen LogP contribution in [0.4, 0.5) is 11.7 Å². The first-order valence-corrected chi connectivity index (χ1v) is 8.09. The first-order chi connectivity index (χ1) is 12.4. The fraction of sp³-hybridized carbons (Fsp3) is 0.211. The topological polar surface area (TPSA) is 93.5 Å². The molecule has 7 nitrogen and oxygen atoms in total. The number of benzene rings is 2. The van der Waals surface area contributed by atoms with Crippen molar-refractivity contribution < 1.29 is 18.7 Å². The first-order valence-electron chi connectivity index (χ1n) is 8.09. The van der Waals surface area contributed by atoms with E-state index in [-0.39, 0.29) is 24.4 Å². The lowest BCUT2D eigenvalue weighted by Gasteiger charge is -2.08. The van der Waals surface area contributed by atoms with Gasteiger partial charge in [-0.05, 0) is 37.6 Å². The largest absolute Gasteiger partial charge is 0.483 e. The number of nitrogens with one attached hydrogen (secondary N) is 2. The van der Waals surface area contributed by atoms with Gasteiger partial charge in [0, 0.05) is 18.7 Å². The van der Waals surface area contributed by atoms with Crippen molar-refractivity contribution in [3.8, 4) is 5.75 Å². The number of nitrogens with zero attached hydrogens (tertiary/aromatic N) is 1. The second-order valence-electron chi connectivity index (χ2n) is 5.99. The Bertz CT molecular complexity index is 978. The van der Waals surface area contributed by atoms with Crippen molar-refractivity contribution in [2.24, 2.45) is 0 Å². The fourth-order valence-electron chi connectivity index (χ4n) is 2.52. The normalized spacial score (nSPS) is 10.6. The van der Waals surface area contributed by atoms with Gasteiger partial charge in [0.05, 0.1) is 0 Å². The molecule has 1 aromatic heterocycles. The molecule has 0 atom stereocenters. The van der Waals surface area contributed by atoms with Gasteiger partial charge < -0.3 is 14.5 Å². The molecule has 0 aliphatic carbocycles. The van der Waals surface area contributed by atoms with Crippen molar-refractivity contribution in [1.82, 2.24) is 4.98 Å². The van der Waals surface area contributed by atoms with Crippen molar-refractivity contribution in [3.05, 3.63) is 47.5 Å². The molecule has 7 heteroatoms. The van der Waals surface area contributed by atoms with Crippen molar-refractivity contribution >= 4 is 34.6 Å². The molecule has 0 aliphatic heterocycles. The quantitative estimate of drug-likeness (QED) is 0.733. The highest BCUT2D eigenvalue weighted by Gasteiger charge is 2.11. The average Bonchev–Trinajstić information content (AvgIpc) is 2.94. The van der Waals surface area contributed by atoms with Crippen LogP contribution >= 0.6 is 0 Å². The van der Waals surface area contributed by atoms with Crippen LogP contribution in [0.2, 0.25) is 0 Å². The molecule has 3 aromatic rings. The number of carbonyl (C=O) groups is 2. The second-order valence-corrected chi connectivity index (χ2v) is 5.99. The van der Waals surface area contributed by atoms with E-state index in [0.29, 0.717) is 22.5 Å². The van der Waals surface area contributed by atoms with Crippen LogP contribution in [-0.2, 0) is 9.59 Å². The third-order valence-electron chi connectivity index (χ3n) is 3.64. The van der Waals surface area contributed by atoms with Crippen LogP contribution in [0, 0.1) is 13.8 Å². The smallest absolute Gasteiger partial charge is 0.302 e. The molecule has 134 valence electrons. The van der Waals surface area contributed by atoms with Crippen molar-refractivity contribution in [2.75, 3.05) is 17.2 Å². The molecule has 0 saturated carbocycles. The van der Waals surface area contributed by atoms with E-state index in [4.69, 9.17) is 9.15 Å². The van der Waals surface area contributed by atoms with Gasteiger partial charge in [-0.2, -0.15) is 4.98 Å². The zero-order chi connectivity index (χ0) is 18.7. The third kappa shape index (κ3) is 4.18. The summed E-state index contributed by atoms with van der Waals surface area (Å²) in [6.45, 7) is 5.19. The Balaban J connectivity index is 1.64. The molecule has 2 aromatic carbocycles. The van der Waals surface area contributed by atoms with Crippen LogP contribution in [-0.4, -0.2) is 23.4 Å². The maximum absolute atomic E-state index is 12.1. The van der Waals surface area contributed by atoms with Gasteiger partial charge in [0.1, 0.15) is 11.3 Å². The molecule has 0 saturated heterocycles. The summed E-state index contributed by atoms with van der Waals surface area (Å²) in [6, 6.07) is 10.9. The second kappa shape index (κ2) is 7.26. The van der Waals surface area contributed by atoms with Gasteiger partial charge in [0.25, 0.3) is 5.91 Å². The SMILES string of the molecule is CC(=O)Nc1ccc2nc(NC(=O)COc3ccc(C)cc3C)oc2c1. The van der Waals surface area contributed by atoms with Crippen LogP contribution in [0.25, 0.3) is 11.1 Å². The van der Waals surface area contributed by atoms with Gasteiger partial charge in [0.2, 0.25) is 5.91 Å². The molecule has 1 heterocycles. The zero-order valence-electron chi connectivity index (χ0n) is 14.8. The number of ether oxygens (including phenoxy) is 1. The number of hydrogen-bond acceptors (Lipinski definition) is 5. The van der Waals surface area contributed by atoms with Gasteiger partial charge in [0.15, 0.2) is 12.2 Å². The molecule has 2 amide bonds. The summed E-state index contributed by atoms with van der Waals surface area (Å²) in [5.41, 5.74) is 3.72. The number of rotatable bonds is 5. The Morgan fingerprint density at radius 1 is 1.12 bits per heavy atom. The summed E-state index contributed by atoms with van der Waals surface area (Å²) >= 11 is 0. The van der Waals surface area contributed by atoms with Gasteiger partial charge in [-0.15, -0.1) is 0 Å². The minimum Gasteiger partial charge on any atom is -0.483 e. The van der Waals surface area contributed by atoms with E-state index >= 15 is 0 Å². The van der Waals surface area contributed by atoms with Gasteiger partial charge >= 0.3 is 6.01 Å². The number of fused-ring (bicyclic) bond motifs is 1. The third-order valence-corrected chi connectivity index (χ3v) is 3.64. The molecule has 0 aliphatic rings. The standard InChI is InChI=1S/C19H19N3O4/c1-11-4-7-16(12(2)8-11)25-10-18(24)22-19-21-15-6-5-14(20-13(3)23)9-17(15)26-19/h4-9H,10H2,1-3H3,(H,20,23)(H,21,22,24). The van der Waals surface area contributed by atoms with Crippen molar-refractivity contribution in [2.45, 2.75) is 20.8 Å². The number of anilines is 2. The Hall–Kier alpha value is -3.35. The molecular formula is C19H19N3O4. The lowest BCUT2D eigenvalue weighted by atomic mass is 10.1. The monoisotopic (exact) mass is 353 g/mol. The minimum atomic E-state index is -0.376. The highest BCUT2D eigenvalue weighted by Crippen LogP contribution is 2.23. The molecule has 0 unspecified atom stereocenters. The number of amides is 2. The lowest BCUT2D eigenvalue weighted by Crippen LogP contribution is -2.20. The fourth-order valence-corrected chi connectivity index (χ4v) is 2.52. The number of oxazole rings is 1. The Kier molecular flexibility index (Phi) is 4.88. The minimum absolute atomic E-state index is 0.0780. The first kappa shape index (κ1) is 17.5. The lowest BCUT2D eigenvalue weighted by molar-refractivity contribution is -0.118. The molecular weight excluding hydrogens is 334 g/mol. The van der Waals surface area contributed by atoms with E-state index in [1.54, 1.807) is 18.2 Å². The van der Waals surface area contributed by atoms with Gasteiger partial charge in [-0.25, -0.2) is 0 Å². The molecule has 3 rings (SSSR count). The van der Waals surface area contributed by atoms with E-state index in [1.165, 1.54) is 6.92 Å². The van der Waals surface area contributed by atoms with Crippen LogP contribution < -0.4 is 15.4 Å². The van der Waals surface area contributed by atoms with E-state index in [0.717, 1.165) is 11.1 Å². The Morgan fingerprint density at radius 3 is 2.65 bits per heavy atom. The van der Waals surface area contributed by atoms with E-state index < -0.39 is 0 Å². The molecule has 0 radical (unpaired) electrons.